The van der Waals surface area contributed by atoms with Gasteiger partial charge in [-0.1, -0.05) is 5.16 Å². The van der Waals surface area contributed by atoms with Crippen LogP contribution in [0, 0.1) is 6.92 Å². The minimum absolute atomic E-state index is 0.00912. The van der Waals surface area contributed by atoms with E-state index in [1.807, 2.05) is 24.8 Å². The molecule has 0 aromatic carbocycles. The molecular weight excluding hydrogens is 296 g/mol. The summed E-state index contributed by atoms with van der Waals surface area (Å²) in [6.07, 6.45) is 2.95. The lowest BCUT2D eigenvalue weighted by Crippen LogP contribution is -2.57. The maximum Gasteiger partial charge on any atom is 0.317 e. The molecule has 0 radical (unpaired) electrons. The number of aromatic nitrogens is 1. The Balaban J connectivity index is 1.49. The van der Waals surface area contributed by atoms with E-state index >= 15 is 0 Å². The molecule has 1 aromatic rings. The van der Waals surface area contributed by atoms with Gasteiger partial charge in [-0.15, -0.1) is 0 Å². The van der Waals surface area contributed by atoms with Gasteiger partial charge in [0.05, 0.1) is 11.7 Å². The quantitative estimate of drug-likeness (QED) is 0.865. The molecule has 3 rings (SSSR count). The zero-order chi connectivity index (χ0) is 16.4. The van der Waals surface area contributed by atoms with Crippen molar-refractivity contribution < 1.29 is 14.1 Å². The fourth-order valence-electron chi connectivity index (χ4n) is 3.35. The van der Waals surface area contributed by atoms with E-state index in [2.05, 4.69) is 15.8 Å². The molecule has 2 fully saturated rings. The van der Waals surface area contributed by atoms with Crippen LogP contribution in [0.1, 0.15) is 50.0 Å². The second-order valence-corrected chi connectivity index (χ2v) is 6.58. The highest BCUT2D eigenvalue weighted by atomic mass is 16.5. The first-order valence-electron chi connectivity index (χ1n) is 8.31. The molecule has 2 N–H and O–H groups in total. The summed E-state index contributed by atoms with van der Waals surface area (Å²) in [7, 11) is 0. The third-order valence-electron chi connectivity index (χ3n) is 4.81. The van der Waals surface area contributed by atoms with Gasteiger partial charge in [-0.25, -0.2) is 4.79 Å². The summed E-state index contributed by atoms with van der Waals surface area (Å²) in [6, 6.07) is 1.93. The lowest BCUT2D eigenvalue weighted by atomic mass is 9.94. The summed E-state index contributed by atoms with van der Waals surface area (Å²) in [4.78, 5) is 25.6. The summed E-state index contributed by atoms with van der Waals surface area (Å²) in [5, 5.41) is 9.87. The SMILES string of the molecule is Cc1cc(C2CCN(C(=O)NC3CCC(=O)NC3C)CC2)on1. The molecular formula is C16H24N4O3. The largest absolute Gasteiger partial charge is 0.361 e. The molecule has 0 aliphatic carbocycles. The molecule has 126 valence electrons. The van der Waals surface area contributed by atoms with E-state index in [-0.39, 0.29) is 24.0 Å². The van der Waals surface area contributed by atoms with Crippen LogP contribution in [0.5, 0.6) is 0 Å². The van der Waals surface area contributed by atoms with Crippen LogP contribution in [-0.2, 0) is 4.79 Å². The predicted molar refractivity (Wildman–Crippen MR) is 83.9 cm³/mol. The van der Waals surface area contributed by atoms with Crippen molar-refractivity contribution in [3.8, 4) is 0 Å². The van der Waals surface area contributed by atoms with Crippen LogP contribution in [0.2, 0.25) is 0 Å². The fraction of sp³-hybridized carbons (Fsp3) is 0.688. The number of amides is 3. The van der Waals surface area contributed by atoms with Crippen molar-refractivity contribution in [3.63, 3.8) is 0 Å². The van der Waals surface area contributed by atoms with Gasteiger partial charge >= 0.3 is 6.03 Å². The Morgan fingerprint density at radius 1 is 1.39 bits per heavy atom. The van der Waals surface area contributed by atoms with Crippen molar-refractivity contribution in [3.05, 3.63) is 17.5 Å². The number of aryl methyl sites for hydroxylation is 1. The number of hydrogen-bond acceptors (Lipinski definition) is 4. The second kappa shape index (κ2) is 6.60. The smallest absolute Gasteiger partial charge is 0.317 e. The number of nitrogens with zero attached hydrogens (tertiary/aromatic N) is 2. The van der Waals surface area contributed by atoms with E-state index in [0.717, 1.165) is 24.3 Å². The lowest BCUT2D eigenvalue weighted by Gasteiger charge is -2.35. The summed E-state index contributed by atoms with van der Waals surface area (Å²) in [5.41, 5.74) is 0.897. The van der Waals surface area contributed by atoms with Gasteiger partial charge < -0.3 is 20.1 Å². The maximum absolute atomic E-state index is 12.4. The minimum atomic E-state index is -0.0369. The van der Waals surface area contributed by atoms with Crippen LogP contribution in [-0.4, -0.2) is 47.2 Å². The van der Waals surface area contributed by atoms with Gasteiger partial charge in [-0.05, 0) is 33.1 Å². The van der Waals surface area contributed by atoms with E-state index < -0.39 is 0 Å². The lowest BCUT2D eigenvalue weighted by molar-refractivity contribution is -0.123. The first kappa shape index (κ1) is 15.8. The summed E-state index contributed by atoms with van der Waals surface area (Å²) in [5.74, 6) is 1.32. The maximum atomic E-state index is 12.4. The van der Waals surface area contributed by atoms with Crippen molar-refractivity contribution in [2.24, 2.45) is 0 Å². The van der Waals surface area contributed by atoms with Crippen LogP contribution >= 0.6 is 0 Å². The van der Waals surface area contributed by atoms with Crippen molar-refractivity contribution in [1.82, 2.24) is 20.7 Å². The van der Waals surface area contributed by atoms with Crippen LogP contribution in [0.3, 0.4) is 0 Å². The number of rotatable bonds is 2. The van der Waals surface area contributed by atoms with Gasteiger partial charge in [0.25, 0.3) is 0 Å². The number of hydrogen-bond donors (Lipinski definition) is 2. The molecule has 7 nitrogen and oxygen atoms in total. The number of carbonyl (C=O) groups is 2. The molecule has 0 spiro atoms. The zero-order valence-corrected chi connectivity index (χ0v) is 13.7. The van der Waals surface area contributed by atoms with Crippen molar-refractivity contribution in [1.29, 1.82) is 0 Å². The van der Waals surface area contributed by atoms with Crippen LogP contribution in [0.4, 0.5) is 4.79 Å². The first-order chi connectivity index (χ1) is 11.0. The highest BCUT2D eigenvalue weighted by molar-refractivity contribution is 5.78. The molecule has 2 aliphatic heterocycles. The van der Waals surface area contributed by atoms with Gasteiger partial charge in [-0.3, -0.25) is 4.79 Å². The second-order valence-electron chi connectivity index (χ2n) is 6.58. The Morgan fingerprint density at radius 2 is 2.13 bits per heavy atom. The molecule has 0 bridgehead atoms. The van der Waals surface area contributed by atoms with E-state index in [4.69, 9.17) is 4.52 Å². The average molecular weight is 320 g/mol. The molecule has 2 aliphatic rings. The number of urea groups is 1. The fourth-order valence-corrected chi connectivity index (χ4v) is 3.35. The highest BCUT2D eigenvalue weighted by Gasteiger charge is 2.30. The van der Waals surface area contributed by atoms with Crippen LogP contribution in [0.15, 0.2) is 10.6 Å². The van der Waals surface area contributed by atoms with Crippen molar-refractivity contribution >= 4 is 11.9 Å². The van der Waals surface area contributed by atoms with E-state index in [1.54, 1.807) is 0 Å². The molecule has 0 saturated carbocycles. The Labute approximate surface area is 135 Å². The van der Waals surface area contributed by atoms with Gasteiger partial charge in [0.2, 0.25) is 5.91 Å². The van der Waals surface area contributed by atoms with E-state index in [0.29, 0.717) is 31.8 Å². The number of piperidine rings is 2. The summed E-state index contributed by atoms with van der Waals surface area (Å²) in [6.45, 7) is 5.27. The third-order valence-corrected chi connectivity index (χ3v) is 4.81. The Morgan fingerprint density at radius 3 is 2.74 bits per heavy atom. The van der Waals surface area contributed by atoms with Gasteiger partial charge in [0, 0.05) is 37.5 Å². The van der Waals surface area contributed by atoms with E-state index in [9.17, 15) is 9.59 Å². The van der Waals surface area contributed by atoms with Crippen LogP contribution in [0.25, 0.3) is 0 Å². The molecule has 23 heavy (non-hydrogen) atoms. The zero-order valence-electron chi connectivity index (χ0n) is 13.7. The molecule has 2 unspecified atom stereocenters. The standard InChI is InChI=1S/C16H24N4O3/c1-10-9-14(23-19-10)12-5-7-20(8-6-12)16(22)18-13-3-4-15(21)17-11(13)2/h9,11-13H,3-8H2,1-2H3,(H,17,21)(H,18,22). The molecule has 2 atom stereocenters. The highest BCUT2D eigenvalue weighted by Crippen LogP contribution is 2.28. The van der Waals surface area contributed by atoms with Crippen molar-refractivity contribution in [2.75, 3.05) is 13.1 Å². The minimum Gasteiger partial charge on any atom is -0.361 e. The Bertz CT molecular complexity index is 578. The number of nitrogens with one attached hydrogen (secondary N) is 2. The average Bonchev–Trinajstić information content (AvgIpc) is 2.97. The molecule has 1 aromatic heterocycles. The first-order valence-corrected chi connectivity index (χ1v) is 8.31. The Kier molecular flexibility index (Phi) is 4.54. The molecule has 7 heteroatoms. The molecule has 3 amide bonds. The van der Waals surface area contributed by atoms with Gasteiger partial charge in [-0.2, -0.15) is 0 Å². The van der Waals surface area contributed by atoms with Gasteiger partial charge in [0.15, 0.2) is 0 Å². The van der Waals surface area contributed by atoms with Gasteiger partial charge in [0.1, 0.15) is 5.76 Å². The monoisotopic (exact) mass is 320 g/mol. The normalized spacial score (nSPS) is 26.0. The predicted octanol–water partition coefficient (Wildman–Crippen LogP) is 1.54. The topological polar surface area (TPSA) is 87.5 Å². The van der Waals surface area contributed by atoms with E-state index in [1.165, 1.54) is 0 Å². The molecule has 3 heterocycles. The van der Waals surface area contributed by atoms with Crippen molar-refractivity contribution in [2.45, 2.75) is 57.5 Å². The summed E-state index contributed by atoms with van der Waals surface area (Å²) >= 11 is 0. The number of carbonyl (C=O) groups excluding carboxylic acids is 2. The van der Waals surface area contributed by atoms with Crippen LogP contribution < -0.4 is 10.6 Å². The Hall–Kier alpha value is -2.05. The number of likely N-dealkylation sites (tertiary alicyclic amines) is 1. The third kappa shape index (κ3) is 3.65. The molecule has 2 saturated heterocycles. The summed E-state index contributed by atoms with van der Waals surface area (Å²) < 4.78 is 5.34.